The summed E-state index contributed by atoms with van der Waals surface area (Å²) in [6.45, 7) is 16.5. The van der Waals surface area contributed by atoms with E-state index < -0.39 is 118 Å². The lowest BCUT2D eigenvalue weighted by atomic mass is 9.93. The molecular weight excluding hydrogens is 1090 g/mol. The van der Waals surface area contributed by atoms with Crippen molar-refractivity contribution < 1.29 is 85.4 Å². The number of Topliss-reactive ketones (excluding diaryl/α,β-unsaturated/α-hetero) is 1. The van der Waals surface area contributed by atoms with Crippen LogP contribution in [0.1, 0.15) is 122 Å². The first-order valence-electron chi connectivity index (χ1n) is 27.2. The van der Waals surface area contributed by atoms with Crippen LogP contribution in [0.3, 0.4) is 0 Å². The Bertz CT molecular complexity index is 3030. The van der Waals surface area contributed by atoms with Crippen molar-refractivity contribution in [1.82, 2.24) is 4.90 Å². The highest BCUT2D eigenvalue weighted by atomic mass is 28.4. The van der Waals surface area contributed by atoms with Crippen molar-refractivity contribution in [2.45, 2.75) is 154 Å². The number of azide groups is 1. The van der Waals surface area contributed by atoms with Gasteiger partial charge in [-0.15, -0.1) is 0 Å². The largest absolute Gasteiger partial charge is 0.463 e. The lowest BCUT2D eigenvalue weighted by Crippen LogP contribution is -2.70. The summed E-state index contributed by atoms with van der Waals surface area (Å²) in [5.74, 6) is -6.73. The van der Waals surface area contributed by atoms with Crippen molar-refractivity contribution in [1.29, 1.82) is 0 Å². The average molecular weight is 1160 g/mol. The molecule has 23 heteroatoms. The van der Waals surface area contributed by atoms with Crippen LogP contribution in [0.2, 0.25) is 18.1 Å². The van der Waals surface area contributed by atoms with E-state index >= 15 is 0 Å². The summed E-state index contributed by atoms with van der Waals surface area (Å²) < 4.78 is 64.7. The first kappa shape index (κ1) is 63.0. The first-order valence-corrected chi connectivity index (χ1v) is 30.1. The number of ketones is 1. The van der Waals surface area contributed by atoms with Gasteiger partial charge in [0.2, 0.25) is 0 Å². The van der Waals surface area contributed by atoms with Gasteiger partial charge in [-0.25, -0.2) is 14.4 Å². The predicted molar refractivity (Wildman–Crippen MR) is 298 cm³/mol. The van der Waals surface area contributed by atoms with Crippen LogP contribution in [0.5, 0.6) is 0 Å². The monoisotopic (exact) mass is 1160 g/mol. The van der Waals surface area contributed by atoms with E-state index in [0.717, 1.165) is 28.5 Å². The number of imide groups is 1. The lowest BCUT2D eigenvalue weighted by Gasteiger charge is -2.51. The van der Waals surface area contributed by atoms with E-state index in [-0.39, 0.29) is 77.7 Å². The molecule has 2 fully saturated rings. The number of hydrogen-bond acceptors (Lipinski definition) is 19. The molecule has 3 aliphatic heterocycles. The van der Waals surface area contributed by atoms with Crippen molar-refractivity contribution in [3.8, 4) is 0 Å². The Balaban J connectivity index is 1.46. The van der Waals surface area contributed by atoms with E-state index in [1.807, 2.05) is 40.8 Å². The highest BCUT2D eigenvalue weighted by Crippen LogP contribution is 2.41. The lowest BCUT2D eigenvalue weighted by molar-refractivity contribution is -0.347. The van der Waals surface area contributed by atoms with Gasteiger partial charge in [0.05, 0.1) is 40.8 Å². The Kier molecular flexibility index (Phi) is 21.0. The van der Waals surface area contributed by atoms with Crippen LogP contribution in [-0.4, -0.2) is 148 Å². The summed E-state index contributed by atoms with van der Waals surface area (Å²) >= 11 is 0. The van der Waals surface area contributed by atoms with E-state index in [9.17, 15) is 38.4 Å². The van der Waals surface area contributed by atoms with Crippen LogP contribution in [0, 0.1) is 20.8 Å². The van der Waals surface area contributed by atoms with Gasteiger partial charge in [0, 0.05) is 31.4 Å². The zero-order valence-corrected chi connectivity index (χ0v) is 49.1. The topological polar surface area (TPSA) is 281 Å². The second-order valence-corrected chi connectivity index (χ2v) is 26.9. The molecule has 0 radical (unpaired) electrons. The van der Waals surface area contributed by atoms with Crippen LogP contribution in [0.15, 0.2) is 102 Å². The summed E-state index contributed by atoms with van der Waals surface area (Å²) in [4.78, 5) is 116. The number of carbonyl (C=O) groups excluding carboxylic acids is 8. The Morgan fingerprint density at radius 1 is 0.627 bits per heavy atom. The van der Waals surface area contributed by atoms with Gasteiger partial charge >= 0.3 is 29.8 Å². The third kappa shape index (κ3) is 15.7. The van der Waals surface area contributed by atoms with Crippen LogP contribution < -0.4 is 0 Å². The normalized spacial score (nSPS) is 23.3. The zero-order valence-electron chi connectivity index (χ0n) is 48.1. The standard InChI is InChI=1S/C60H70N4O18Si/c1-34-16-23-39(24-17-34)55(70)79-49-44(32-74-46(67)29-22-37(4)65)78-59(52(81-57(72)41-27-20-36(3)21-28-41)51(49)80-56(71)40-25-18-35(2)19-26-40)82-50-47(64-53(68)42-14-11-12-15-43(42)54(64)69)58(73-31-13-30-62-63-61)77-45(48(50)76-38(5)66)33-75-83(9,10)60(6,7)8/h11-12,14-21,23-28,44-45,47-52,58-59H,13,22,29-33H2,1-10H3/t44-,45-,47-,48+,49-,50-,51+,52-,58-,59+/m1/s1. The van der Waals surface area contributed by atoms with E-state index in [1.54, 1.807) is 62.4 Å². The van der Waals surface area contributed by atoms with E-state index in [0.29, 0.717) is 0 Å². The number of aryl methyl sites for hydroxylation is 3. The number of fused-ring (bicyclic) bond motifs is 1. The average Bonchev–Trinajstić information content (AvgIpc) is 2.40. The number of ether oxygens (including phenoxy) is 9. The number of amides is 2. The third-order valence-electron chi connectivity index (χ3n) is 14.8. The Hall–Kier alpha value is -7.63. The molecule has 10 atom stereocenters. The molecule has 3 heterocycles. The van der Waals surface area contributed by atoms with Gasteiger partial charge in [-0.05, 0) is 106 Å². The molecule has 83 heavy (non-hydrogen) atoms. The molecule has 3 aliphatic rings. The van der Waals surface area contributed by atoms with Gasteiger partial charge in [0.25, 0.3) is 11.8 Å². The molecule has 0 aliphatic carbocycles. The maximum Gasteiger partial charge on any atom is 0.338 e. The highest BCUT2D eigenvalue weighted by Gasteiger charge is 2.61. The number of benzene rings is 4. The van der Waals surface area contributed by atoms with Gasteiger partial charge in [-0.2, -0.15) is 0 Å². The minimum atomic E-state index is -2.70. The number of esters is 5. The van der Waals surface area contributed by atoms with Crippen molar-refractivity contribution in [2.24, 2.45) is 5.11 Å². The maximum absolute atomic E-state index is 14.9. The summed E-state index contributed by atoms with van der Waals surface area (Å²) in [6.07, 6.45) is -16.4. The molecule has 0 spiro atoms. The zero-order chi connectivity index (χ0) is 60.3. The number of nitrogens with zero attached hydrogens (tertiary/aromatic N) is 4. The molecule has 4 aromatic rings. The van der Waals surface area contributed by atoms with E-state index in [4.69, 9.17) is 52.6 Å². The van der Waals surface area contributed by atoms with Gasteiger partial charge < -0.3 is 51.9 Å². The van der Waals surface area contributed by atoms with Gasteiger partial charge in [-0.1, -0.05) is 91.1 Å². The minimum Gasteiger partial charge on any atom is -0.463 e. The first-order chi connectivity index (χ1) is 39.4. The SMILES string of the molecule is CC(=O)CCC(=O)OC[C@H]1O[C@@H](O[C@H]2[C@@H](OC(C)=O)[C@@H](CO[Si](C)(C)C(C)(C)C)O[C@@H](OCCCN=[N+]=[N-])[C@@H]2N2C(=O)c3ccccc3C2=O)[C@H](OC(=O)c2ccc(C)cc2)[C@@H](OC(=O)c2ccc(C)cc2)[C@@H]1OC(=O)c1ccc(C)cc1. The molecule has 0 bridgehead atoms. The molecule has 0 aromatic heterocycles. The Morgan fingerprint density at radius 2 is 1.10 bits per heavy atom. The smallest absolute Gasteiger partial charge is 0.338 e. The molecule has 4 aromatic carbocycles. The van der Waals surface area contributed by atoms with Crippen LogP contribution >= 0.6 is 0 Å². The van der Waals surface area contributed by atoms with Crippen molar-refractivity contribution in [3.63, 3.8) is 0 Å². The fraction of sp³-hybridized carbons (Fsp3) is 0.467. The Labute approximate surface area is 482 Å². The molecule has 0 N–H and O–H groups in total. The van der Waals surface area contributed by atoms with E-state index in [1.165, 1.54) is 55.5 Å². The number of hydrogen-bond donors (Lipinski definition) is 0. The number of carbonyl (C=O) groups is 8. The molecule has 2 saturated heterocycles. The number of rotatable bonds is 23. The minimum absolute atomic E-state index is 0.00225. The summed E-state index contributed by atoms with van der Waals surface area (Å²) in [7, 11) is -2.70. The maximum atomic E-state index is 14.9. The molecule has 22 nitrogen and oxygen atoms in total. The Morgan fingerprint density at radius 3 is 1.58 bits per heavy atom. The predicted octanol–water partition coefficient (Wildman–Crippen LogP) is 8.67. The molecule has 0 unspecified atom stereocenters. The second-order valence-electron chi connectivity index (χ2n) is 22.1. The summed E-state index contributed by atoms with van der Waals surface area (Å²) in [6, 6.07) is 23.1. The quantitative estimate of drug-likeness (QED) is 0.00981. The van der Waals surface area contributed by atoms with Crippen molar-refractivity contribution in [3.05, 3.63) is 152 Å². The third-order valence-corrected chi connectivity index (χ3v) is 19.3. The van der Waals surface area contributed by atoms with E-state index in [2.05, 4.69) is 10.0 Å². The highest BCUT2D eigenvalue weighted by molar-refractivity contribution is 6.74. The fourth-order valence-corrected chi connectivity index (χ4v) is 10.2. The van der Waals surface area contributed by atoms with Gasteiger partial charge in [0.1, 0.15) is 36.7 Å². The fourth-order valence-electron chi connectivity index (χ4n) is 9.14. The molecule has 7 rings (SSSR count). The molecule has 0 saturated carbocycles. The summed E-state index contributed by atoms with van der Waals surface area (Å²) in [5, 5.41) is 3.24. The second kappa shape index (κ2) is 27.6. The van der Waals surface area contributed by atoms with Crippen LogP contribution in [-0.2, 0) is 61.4 Å². The van der Waals surface area contributed by atoms with Crippen molar-refractivity contribution in [2.75, 3.05) is 26.4 Å². The molecular formula is C60H70N4O18Si. The molecule has 2 amide bonds. The molecule has 442 valence electrons. The summed E-state index contributed by atoms with van der Waals surface area (Å²) in [5.41, 5.74) is 11.5. The van der Waals surface area contributed by atoms with Crippen molar-refractivity contribution >= 4 is 55.8 Å². The van der Waals surface area contributed by atoms with Crippen LogP contribution in [0.4, 0.5) is 0 Å². The van der Waals surface area contributed by atoms with Crippen LogP contribution in [0.25, 0.3) is 10.4 Å². The van der Waals surface area contributed by atoms with Gasteiger partial charge in [-0.3, -0.25) is 24.1 Å². The van der Waals surface area contributed by atoms with Gasteiger partial charge in [0.15, 0.2) is 45.3 Å².